The highest BCUT2D eigenvalue weighted by Gasteiger charge is 2.28. The van der Waals surface area contributed by atoms with Crippen molar-refractivity contribution in [2.45, 2.75) is 26.3 Å². The second-order valence-electron chi connectivity index (χ2n) is 6.91. The van der Waals surface area contributed by atoms with Crippen LogP contribution in [0, 0.1) is 5.92 Å². The molecule has 4 N–H and O–H groups in total. The minimum Gasteiger partial charge on any atom is -0.355 e. The van der Waals surface area contributed by atoms with Gasteiger partial charge < -0.3 is 25.5 Å². The van der Waals surface area contributed by atoms with E-state index in [1.54, 1.807) is 30.0 Å². The van der Waals surface area contributed by atoms with Crippen molar-refractivity contribution in [1.29, 1.82) is 0 Å². The van der Waals surface area contributed by atoms with Crippen LogP contribution >= 0.6 is 0 Å². The predicted molar refractivity (Wildman–Crippen MR) is 105 cm³/mol. The van der Waals surface area contributed by atoms with Gasteiger partial charge in [0.15, 0.2) is 0 Å². The molecule has 9 nitrogen and oxygen atoms in total. The molecule has 1 aliphatic heterocycles. The molecule has 0 spiro atoms. The molecule has 2 aromatic rings. The zero-order valence-corrected chi connectivity index (χ0v) is 15.9. The van der Waals surface area contributed by atoms with Crippen LogP contribution in [0.3, 0.4) is 0 Å². The monoisotopic (exact) mass is 387 g/mol. The van der Waals surface area contributed by atoms with Gasteiger partial charge in [-0.2, -0.15) is 0 Å². The lowest BCUT2D eigenvalue weighted by molar-refractivity contribution is -0.126. The van der Waals surface area contributed by atoms with Crippen LogP contribution in [-0.4, -0.2) is 52.4 Å². The SMILES string of the molecule is CCn1c(=O)c(=O)[nH]c2cc(C(=O)N3CCCC(C(=O)NCCN)C3)ccc21. The number of aromatic nitrogens is 2. The van der Waals surface area contributed by atoms with E-state index in [9.17, 15) is 19.2 Å². The highest BCUT2D eigenvalue weighted by atomic mass is 16.2. The summed E-state index contributed by atoms with van der Waals surface area (Å²) in [6, 6.07) is 4.90. The van der Waals surface area contributed by atoms with Crippen molar-refractivity contribution in [2.24, 2.45) is 11.7 Å². The van der Waals surface area contributed by atoms with Crippen molar-refractivity contribution in [3.05, 3.63) is 44.5 Å². The number of aromatic amines is 1. The fraction of sp³-hybridized carbons (Fsp3) is 0.474. The number of aryl methyl sites for hydroxylation is 1. The molecule has 1 saturated heterocycles. The molecule has 0 aliphatic carbocycles. The predicted octanol–water partition coefficient (Wildman–Crippen LogP) is -0.363. The molecule has 1 fully saturated rings. The summed E-state index contributed by atoms with van der Waals surface area (Å²) >= 11 is 0. The van der Waals surface area contributed by atoms with Crippen molar-refractivity contribution < 1.29 is 9.59 Å². The highest BCUT2D eigenvalue weighted by molar-refractivity contribution is 5.97. The Morgan fingerprint density at radius 1 is 1.32 bits per heavy atom. The quantitative estimate of drug-likeness (QED) is 0.603. The third kappa shape index (κ3) is 3.84. The zero-order valence-electron chi connectivity index (χ0n) is 15.9. The summed E-state index contributed by atoms with van der Waals surface area (Å²) in [5.41, 5.74) is 5.51. The number of carbonyl (C=O) groups is 2. The standard InChI is InChI=1S/C19H25N5O4/c1-2-24-15-6-5-12(10-14(15)22-17(26)19(24)28)18(27)23-9-3-4-13(11-23)16(25)21-8-7-20/h5-6,10,13H,2-4,7-9,11,20H2,1H3,(H,21,25)(H,22,26). The average Bonchev–Trinajstić information content (AvgIpc) is 2.72. The van der Waals surface area contributed by atoms with Gasteiger partial charge in [0.1, 0.15) is 0 Å². The molecular formula is C19H25N5O4. The number of carbonyl (C=O) groups excluding carboxylic acids is 2. The van der Waals surface area contributed by atoms with E-state index in [0.29, 0.717) is 49.3 Å². The van der Waals surface area contributed by atoms with Crippen molar-refractivity contribution in [3.8, 4) is 0 Å². The lowest BCUT2D eigenvalue weighted by Crippen LogP contribution is -2.46. The first-order chi connectivity index (χ1) is 13.5. The van der Waals surface area contributed by atoms with Gasteiger partial charge >= 0.3 is 11.1 Å². The van der Waals surface area contributed by atoms with E-state index < -0.39 is 11.1 Å². The van der Waals surface area contributed by atoms with Gasteiger partial charge in [-0.1, -0.05) is 0 Å². The topological polar surface area (TPSA) is 130 Å². The summed E-state index contributed by atoms with van der Waals surface area (Å²) in [7, 11) is 0. The Hall–Kier alpha value is -2.94. The fourth-order valence-electron chi connectivity index (χ4n) is 3.62. The van der Waals surface area contributed by atoms with Crippen LogP contribution in [0.1, 0.15) is 30.1 Å². The Morgan fingerprint density at radius 2 is 2.11 bits per heavy atom. The Kier molecular flexibility index (Phi) is 5.93. The number of rotatable bonds is 5. The zero-order chi connectivity index (χ0) is 20.3. The molecular weight excluding hydrogens is 362 g/mol. The van der Waals surface area contributed by atoms with Crippen molar-refractivity contribution in [1.82, 2.24) is 19.8 Å². The second kappa shape index (κ2) is 8.39. The second-order valence-corrected chi connectivity index (χ2v) is 6.91. The molecule has 1 unspecified atom stereocenters. The first-order valence-corrected chi connectivity index (χ1v) is 9.50. The maximum Gasteiger partial charge on any atom is 0.316 e. The normalized spacial score (nSPS) is 16.9. The molecule has 9 heteroatoms. The van der Waals surface area contributed by atoms with Gasteiger partial charge in [0.05, 0.1) is 17.0 Å². The van der Waals surface area contributed by atoms with Gasteiger partial charge in [-0.05, 0) is 38.0 Å². The van der Waals surface area contributed by atoms with E-state index in [4.69, 9.17) is 5.73 Å². The first kappa shape index (κ1) is 19.8. The molecule has 0 bridgehead atoms. The number of nitrogens with one attached hydrogen (secondary N) is 2. The Morgan fingerprint density at radius 3 is 2.82 bits per heavy atom. The molecule has 2 heterocycles. The number of nitrogens with zero attached hydrogens (tertiary/aromatic N) is 2. The smallest absolute Gasteiger partial charge is 0.316 e. The van der Waals surface area contributed by atoms with Gasteiger partial charge in [-0.25, -0.2) is 0 Å². The van der Waals surface area contributed by atoms with Crippen LogP contribution in [0.2, 0.25) is 0 Å². The summed E-state index contributed by atoms with van der Waals surface area (Å²) in [5.74, 6) is -0.541. The number of amides is 2. The van der Waals surface area contributed by atoms with Crippen molar-refractivity contribution in [2.75, 3.05) is 26.2 Å². The third-order valence-corrected chi connectivity index (χ3v) is 5.06. The van der Waals surface area contributed by atoms with Crippen LogP contribution < -0.4 is 22.2 Å². The minimum absolute atomic E-state index is 0.0854. The lowest BCUT2D eigenvalue weighted by Gasteiger charge is -2.32. The van der Waals surface area contributed by atoms with Gasteiger partial charge in [-0.15, -0.1) is 0 Å². The highest BCUT2D eigenvalue weighted by Crippen LogP contribution is 2.20. The number of H-pyrrole nitrogens is 1. The number of nitrogens with two attached hydrogens (primary N) is 1. The Balaban J connectivity index is 1.85. The molecule has 2 amide bonds. The van der Waals surface area contributed by atoms with Gasteiger partial charge in [0.2, 0.25) is 5.91 Å². The van der Waals surface area contributed by atoms with Crippen molar-refractivity contribution in [3.63, 3.8) is 0 Å². The van der Waals surface area contributed by atoms with E-state index in [-0.39, 0.29) is 17.7 Å². The summed E-state index contributed by atoms with van der Waals surface area (Å²) in [6.07, 6.45) is 1.47. The largest absolute Gasteiger partial charge is 0.355 e. The summed E-state index contributed by atoms with van der Waals surface area (Å²) in [6.45, 7) is 3.85. The van der Waals surface area contributed by atoms with E-state index in [0.717, 1.165) is 12.8 Å². The lowest BCUT2D eigenvalue weighted by atomic mass is 9.96. The van der Waals surface area contributed by atoms with Crippen LogP contribution in [0.25, 0.3) is 11.0 Å². The average molecular weight is 387 g/mol. The first-order valence-electron chi connectivity index (χ1n) is 9.50. The Labute approximate surface area is 161 Å². The molecule has 150 valence electrons. The molecule has 3 rings (SSSR count). The number of hydrogen-bond donors (Lipinski definition) is 3. The molecule has 0 saturated carbocycles. The van der Waals surface area contributed by atoms with Crippen LogP contribution in [0.4, 0.5) is 0 Å². The maximum absolute atomic E-state index is 12.9. The number of piperidine rings is 1. The van der Waals surface area contributed by atoms with E-state index >= 15 is 0 Å². The van der Waals surface area contributed by atoms with Gasteiger partial charge in [-0.3, -0.25) is 19.2 Å². The van der Waals surface area contributed by atoms with Gasteiger partial charge in [0, 0.05) is 38.3 Å². The van der Waals surface area contributed by atoms with E-state index in [1.165, 1.54) is 4.57 Å². The van der Waals surface area contributed by atoms with E-state index in [2.05, 4.69) is 10.3 Å². The molecule has 1 aromatic heterocycles. The molecule has 1 aliphatic rings. The molecule has 1 atom stereocenters. The molecule has 1 aromatic carbocycles. The third-order valence-electron chi connectivity index (χ3n) is 5.06. The summed E-state index contributed by atoms with van der Waals surface area (Å²) in [5, 5.41) is 2.78. The van der Waals surface area contributed by atoms with E-state index in [1.807, 2.05) is 0 Å². The van der Waals surface area contributed by atoms with Gasteiger partial charge in [0.25, 0.3) is 5.91 Å². The van der Waals surface area contributed by atoms with Crippen LogP contribution in [0.15, 0.2) is 27.8 Å². The minimum atomic E-state index is -0.714. The van der Waals surface area contributed by atoms with Crippen LogP contribution in [-0.2, 0) is 11.3 Å². The molecule has 0 radical (unpaired) electrons. The Bertz CT molecular complexity index is 1010. The molecule has 28 heavy (non-hydrogen) atoms. The summed E-state index contributed by atoms with van der Waals surface area (Å²) < 4.78 is 1.38. The van der Waals surface area contributed by atoms with Crippen LogP contribution in [0.5, 0.6) is 0 Å². The number of likely N-dealkylation sites (tertiary alicyclic amines) is 1. The number of benzene rings is 1. The number of fused-ring (bicyclic) bond motifs is 1. The maximum atomic E-state index is 12.9. The number of hydrogen-bond acceptors (Lipinski definition) is 5. The van der Waals surface area contributed by atoms with Crippen molar-refractivity contribution >= 4 is 22.8 Å². The summed E-state index contributed by atoms with van der Waals surface area (Å²) in [4.78, 5) is 53.2. The fourth-order valence-corrected chi connectivity index (χ4v) is 3.62.